The van der Waals surface area contributed by atoms with Gasteiger partial charge in [-0.2, -0.15) is 0 Å². The van der Waals surface area contributed by atoms with Crippen LogP contribution in [0, 0.1) is 0 Å². The van der Waals surface area contributed by atoms with Crippen molar-refractivity contribution < 1.29 is 8.42 Å². The van der Waals surface area contributed by atoms with Crippen molar-refractivity contribution in [3.8, 4) is 0 Å². The van der Waals surface area contributed by atoms with Gasteiger partial charge < -0.3 is 10.2 Å². The summed E-state index contributed by atoms with van der Waals surface area (Å²) in [5.74, 6) is 0.316. The first-order valence-electron chi connectivity index (χ1n) is 6.64. The van der Waals surface area contributed by atoms with E-state index in [9.17, 15) is 8.42 Å². The zero-order valence-electron chi connectivity index (χ0n) is 11.1. The molecule has 1 unspecified atom stereocenters. The van der Waals surface area contributed by atoms with E-state index >= 15 is 0 Å². The lowest BCUT2D eigenvalue weighted by Gasteiger charge is -2.33. The molecule has 1 aliphatic heterocycles. The molecule has 0 aromatic rings. The van der Waals surface area contributed by atoms with Gasteiger partial charge in [0.2, 0.25) is 0 Å². The largest absolute Gasteiger partial charge is 0.313 e. The first-order chi connectivity index (χ1) is 8.01. The van der Waals surface area contributed by atoms with Crippen LogP contribution in [0.3, 0.4) is 0 Å². The summed E-state index contributed by atoms with van der Waals surface area (Å²) in [6.07, 6.45) is 5.72. The van der Waals surface area contributed by atoms with Gasteiger partial charge >= 0.3 is 0 Å². The lowest BCUT2D eigenvalue weighted by atomic mass is 10.1. The molecule has 1 saturated heterocycles. The average Bonchev–Trinajstić information content (AvgIpc) is 2.25. The number of nitrogens with one attached hydrogen (secondary N) is 1. The van der Waals surface area contributed by atoms with E-state index in [4.69, 9.17) is 0 Å². The Hall–Kier alpha value is -0.130. The van der Waals surface area contributed by atoms with Gasteiger partial charge in [-0.15, -0.1) is 0 Å². The minimum absolute atomic E-state index is 0.316. The van der Waals surface area contributed by atoms with Crippen LogP contribution >= 0.6 is 0 Å². The summed E-state index contributed by atoms with van der Waals surface area (Å²) in [6, 6.07) is 0.599. The van der Waals surface area contributed by atoms with Gasteiger partial charge in [-0.1, -0.05) is 6.92 Å². The maximum Gasteiger partial charge on any atom is 0.147 e. The molecule has 0 aromatic heterocycles. The molecule has 17 heavy (non-hydrogen) atoms. The van der Waals surface area contributed by atoms with E-state index in [1.165, 1.54) is 25.5 Å². The molecule has 0 spiro atoms. The minimum Gasteiger partial charge on any atom is -0.313 e. The molecule has 1 heterocycles. The Morgan fingerprint density at radius 3 is 2.82 bits per heavy atom. The van der Waals surface area contributed by atoms with Crippen LogP contribution in [0.15, 0.2) is 0 Å². The molecule has 0 aliphatic carbocycles. The normalized spacial score (nSPS) is 22.8. The van der Waals surface area contributed by atoms with Crippen molar-refractivity contribution in [2.75, 3.05) is 38.2 Å². The second-order valence-electron chi connectivity index (χ2n) is 5.08. The van der Waals surface area contributed by atoms with Crippen molar-refractivity contribution in [3.63, 3.8) is 0 Å². The topological polar surface area (TPSA) is 49.4 Å². The molecule has 1 aliphatic rings. The van der Waals surface area contributed by atoms with Crippen LogP contribution in [0.4, 0.5) is 0 Å². The van der Waals surface area contributed by atoms with Gasteiger partial charge in [-0.3, -0.25) is 0 Å². The molecule has 4 nitrogen and oxygen atoms in total. The summed E-state index contributed by atoms with van der Waals surface area (Å²) < 4.78 is 22.1. The summed E-state index contributed by atoms with van der Waals surface area (Å²) in [4.78, 5) is 2.39. The summed E-state index contributed by atoms with van der Waals surface area (Å²) in [7, 11) is -2.79. The molecule has 1 fully saturated rings. The van der Waals surface area contributed by atoms with Crippen LogP contribution in [0.25, 0.3) is 0 Å². The van der Waals surface area contributed by atoms with Gasteiger partial charge in [0, 0.05) is 18.8 Å². The predicted octanol–water partition coefficient (Wildman–Crippen LogP) is 0.885. The summed E-state index contributed by atoms with van der Waals surface area (Å²) in [5, 5.41) is 3.55. The Labute approximate surface area is 106 Å². The molecule has 1 atom stereocenters. The first kappa shape index (κ1) is 14.9. The van der Waals surface area contributed by atoms with E-state index in [1.54, 1.807) is 0 Å². The van der Waals surface area contributed by atoms with Crippen molar-refractivity contribution in [2.45, 2.75) is 38.6 Å². The average molecular weight is 262 g/mol. The molecule has 5 heteroatoms. The van der Waals surface area contributed by atoms with Crippen molar-refractivity contribution >= 4 is 9.84 Å². The van der Waals surface area contributed by atoms with Gasteiger partial charge in [0.15, 0.2) is 0 Å². The fraction of sp³-hybridized carbons (Fsp3) is 1.00. The fourth-order valence-electron chi connectivity index (χ4n) is 2.32. The van der Waals surface area contributed by atoms with Gasteiger partial charge in [0.05, 0.1) is 5.75 Å². The Morgan fingerprint density at radius 1 is 1.41 bits per heavy atom. The molecule has 0 bridgehead atoms. The molecule has 0 amide bonds. The number of piperidine rings is 1. The maximum absolute atomic E-state index is 11.0. The monoisotopic (exact) mass is 262 g/mol. The van der Waals surface area contributed by atoms with E-state index in [0.717, 1.165) is 32.6 Å². The Morgan fingerprint density at radius 2 is 2.18 bits per heavy atom. The molecular formula is C12H26N2O2S. The molecule has 1 N–H and O–H groups in total. The van der Waals surface area contributed by atoms with E-state index in [0.29, 0.717) is 11.8 Å². The third kappa shape index (κ3) is 7.01. The standard InChI is InChI=1S/C12H26N2O2S/c1-3-7-13-12-6-4-8-14(11-12)9-5-10-17(2,15)16/h12-13H,3-11H2,1-2H3. The highest BCUT2D eigenvalue weighted by Crippen LogP contribution is 2.10. The van der Waals surface area contributed by atoms with E-state index in [2.05, 4.69) is 17.1 Å². The zero-order valence-corrected chi connectivity index (χ0v) is 11.9. The van der Waals surface area contributed by atoms with Crippen LogP contribution < -0.4 is 5.32 Å². The van der Waals surface area contributed by atoms with Gasteiger partial charge in [-0.05, 0) is 45.3 Å². The molecule has 0 radical (unpaired) electrons. The lowest BCUT2D eigenvalue weighted by Crippen LogP contribution is -2.46. The van der Waals surface area contributed by atoms with Crippen molar-refractivity contribution in [3.05, 3.63) is 0 Å². The summed E-state index contributed by atoms with van der Waals surface area (Å²) in [5.41, 5.74) is 0. The van der Waals surface area contributed by atoms with Crippen LogP contribution in [0.5, 0.6) is 0 Å². The SMILES string of the molecule is CCCNC1CCCN(CCCS(C)(=O)=O)C1. The fourth-order valence-corrected chi connectivity index (χ4v) is 2.98. The maximum atomic E-state index is 11.0. The third-order valence-electron chi connectivity index (χ3n) is 3.18. The van der Waals surface area contributed by atoms with Gasteiger partial charge in [-0.25, -0.2) is 8.42 Å². The second kappa shape index (κ2) is 7.34. The van der Waals surface area contributed by atoms with Crippen LogP contribution in [0.1, 0.15) is 32.6 Å². The number of hydrogen-bond donors (Lipinski definition) is 1. The quantitative estimate of drug-likeness (QED) is 0.740. The van der Waals surface area contributed by atoms with E-state index < -0.39 is 9.84 Å². The van der Waals surface area contributed by atoms with Crippen LogP contribution in [-0.2, 0) is 9.84 Å². The number of likely N-dealkylation sites (tertiary alicyclic amines) is 1. The van der Waals surface area contributed by atoms with E-state index in [-0.39, 0.29) is 0 Å². The van der Waals surface area contributed by atoms with Crippen LogP contribution in [0.2, 0.25) is 0 Å². The highest BCUT2D eigenvalue weighted by atomic mass is 32.2. The van der Waals surface area contributed by atoms with Gasteiger partial charge in [0.1, 0.15) is 9.84 Å². The van der Waals surface area contributed by atoms with Gasteiger partial charge in [0.25, 0.3) is 0 Å². The molecular weight excluding hydrogens is 236 g/mol. The van der Waals surface area contributed by atoms with Crippen molar-refractivity contribution in [1.29, 1.82) is 0 Å². The highest BCUT2D eigenvalue weighted by molar-refractivity contribution is 7.90. The molecule has 102 valence electrons. The molecule has 1 rings (SSSR count). The summed E-state index contributed by atoms with van der Waals surface area (Å²) in [6.45, 7) is 6.37. The smallest absolute Gasteiger partial charge is 0.147 e. The first-order valence-corrected chi connectivity index (χ1v) is 8.71. The van der Waals surface area contributed by atoms with Crippen molar-refractivity contribution in [2.24, 2.45) is 0 Å². The van der Waals surface area contributed by atoms with E-state index in [1.807, 2.05) is 0 Å². The second-order valence-corrected chi connectivity index (χ2v) is 7.34. The Bertz CT molecular complexity index is 304. The third-order valence-corrected chi connectivity index (χ3v) is 4.21. The Balaban J connectivity index is 2.20. The lowest BCUT2D eigenvalue weighted by molar-refractivity contribution is 0.191. The predicted molar refractivity (Wildman–Crippen MR) is 72.1 cm³/mol. The highest BCUT2D eigenvalue weighted by Gasteiger charge is 2.18. The molecule has 0 saturated carbocycles. The zero-order chi connectivity index (χ0) is 12.7. The summed E-state index contributed by atoms with van der Waals surface area (Å²) >= 11 is 0. The van der Waals surface area contributed by atoms with Crippen LogP contribution in [-0.4, -0.2) is 57.5 Å². The molecule has 0 aromatic carbocycles. The number of nitrogens with zero attached hydrogens (tertiary/aromatic N) is 1. The Kier molecular flexibility index (Phi) is 6.44. The number of rotatable bonds is 7. The number of hydrogen-bond acceptors (Lipinski definition) is 4. The minimum atomic E-state index is -2.79. The number of sulfone groups is 1. The van der Waals surface area contributed by atoms with Crippen molar-refractivity contribution in [1.82, 2.24) is 10.2 Å².